The molecule has 0 radical (unpaired) electrons. The van der Waals surface area contributed by atoms with E-state index in [2.05, 4.69) is 5.32 Å². The Morgan fingerprint density at radius 3 is 2.93 bits per heavy atom. The summed E-state index contributed by atoms with van der Waals surface area (Å²) in [7, 11) is 0. The maximum atomic E-state index is 11.5. The highest BCUT2D eigenvalue weighted by atomic mass is 16.2. The lowest BCUT2D eigenvalue weighted by molar-refractivity contribution is -0.145. The summed E-state index contributed by atoms with van der Waals surface area (Å²) >= 11 is 0. The minimum atomic E-state index is -0.704. The van der Waals surface area contributed by atoms with Gasteiger partial charge < -0.3 is 10.2 Å². The largest absolute Gasteiger partial charge is 0.335 e. The van der Waals surface area contributed by atoms with E-state index in [-0.39, 0.29) is 6.54 Å². The SMILES string of the molecule is CC1=CCN(C(=O)C(=O)NCC#N)CC1. The Bertz CT molecular complexity index is 341. The molecule has 1 aliphatic heterocycles. The molecule has 1 N–H and O–H groups in total. The quantitative estimate of drug-likeness (QED) is 0.368. The highest BCUT2D eigenvalue weighted by Gasteiger charge is 2.22. The Morgan fingerprint density at radius 1 is 1.67 bits per heavy atom. The number of nitrogens with zero attached hydrogens (tertiary/aromatic N) is 2. The molecule has 0 atom stereocenters. The Kier molecular flexibility index (Phi) is 3.86. The number of carbonyl (C=O) groups excluding carboxylic acids is 2. The molecule has 0 fully saturated rings. The van der Waals surface area contributed by atoms with Crippen LogP contribution in [0.3, 0.4) is 0 Å². The zero-order valence-corrected chi connectivity index (χ0v) is 8.62. The number of rotatable bonds is 1. The van der Waals surface area contributed by atoms with E-state index >= 15 is 0 Å². The van der Waals surface area contributed by atoms with E-state index in [1.807, 2.05) is 13.0 Å². The Morgan fingerprint density at radius 2 is 2.40 bits per heavy atom. The minimum Gasteiger partial charge on any atom is -0.335 e. The zero-order chi connectivity index (χ0) is 11.3. The second-order valence-corrected chi connectivity index (χ2v) is 3.39. The van der Waals surface area contributed by atoms with E-state index in [0.717, 1.165) is 6.42 Å². The normalized spacial score (nSPS) is 15.2. The first-order chi connectivity index (χ1) is 7.15. The molecule has 0 bridgehead atoms. The van der Waals surface area contributed by atoms with Gasteiger partial charge in [0.2, 0.25) is 0 Å². The third-order valence-electron chi connectivity index (χ3n) is 2.25. The smallest absolute Gasteiger partial charge is 0.312 e. The molecule has 0 aromatic rings. The molecular weight excluding hydrogens is 194 g/mol. The van der Waals surface area contributed by atoms with E-state index in [4.69, 9.17) is 5.26 Å². The summed E-state index contributed by atoms with van der Waals surface area (Å²) in [5, 5.41) is 10.5. The number of hydrogen-bond acceptors (Lipinski definition) is 3. The number of nitrogens with one attached hydrogen (secondary N) is 1. The van der Waals surface area contributed by atoms with Crippen LogP contribution in [0.15, 0.2) is 11.6 Å². The monoisotopic (exact) mass is 207 g/mol. The van der Waals surface area contributed by atoms with Crippen molar-refractivity contribution in [3.63, 3.8) is 0 Å². The predicted octanol–water partition coefficient (Wildman–Crippen LogP) is -0.195. The standard InChI is InChI=1S/C10H13N3O2/c1-8-2-6-13(7-3-8)10(15)9(14)12-5-4-11/h2H,3,5-7H2,1H3,(H,12,14). The number of nitriles is 1. The van der Waals surface area contributed by atoms with Crippen molar-refractivity contribution in [1.82, 2.24) is 10.2 Å². The van der Waals surface area contributed by atoms with Crippen molar-refractivity contribution in [2.75, 3.05) is 19.6 Å². The van der Waals surface area contributed by atoms with Crippen molar-refractivity contribution in [2.24, 2.45) is 0 Å². The molecule has 0 aromatic carbocycles. The second-order valence-electron chi connectivity index (χ2n) is 3.39. The van der Waals surface area contributed by atoms with Gasteiger partial charge in [-0.2, -0.15) is 5.26 Å². The van der Waals surface area contributed by atoms with Gasteiger partial charge in [-0.15, -0.1) is 0 Å². The van der Waals surface area contributed by atoms with Gasteiger partial charge >= 0.3 is 11.8 Å². The lowest BCUT2D eigenvalue weighted by Gasteiger charge is -2.24. The van der Waals surface area contributed by atoms with Gasteiger partial charge in [0.25, 0.3) is 0 Å². The maximum absolute atomic E-state index is 11.5. The molecule has 0 saturated carbocycles. The van der Waals surface area contributed by atoms with Crippen LogP contribution in [0.4, 0.5) is 0 Å². The molecule has 0 saturated heterocycles. The summed E-state index contributed by atoms with van der Waals surface area (Å²) in [6.45, 7) is 2.91. The first kappa shape index (κ1) is 11.2. The highest BCUT2D eigenvalue weighted by molar-refractivity contribution is 6.35. The van der Waals surface area contributed by atoms with Gasteiger partial charge in [0.05, 0.1) is 6.07 Å². The van der Waals surface area contributed by atoms with Crippen LogP contribution in [-0.2, 0) is 9.59 Å². The minimum absolute atomic E-state index is 0.132. The Labute approximate surface area is 88.4 Å². The summed E-state index contributed by atoms with van der Waals surface area (Å²) in [5.41, 5.74) is 1.23. The first-order valence-corrected chi connectivity index (χ1v) is 4.75. The third kappa shape index (κ3) is 3.09. The molecular formula is C10H13N3O2. The third-order valence-corrected chi connectivity index (χ3v) is 2.25. The van der Waals surface area contributed by atoms with Crippen LogP contribution < -0.4 is 5.32 Å². The van der Waals surface area contributed by atoms with Crippen LogP contribution in [0.2, 0.25) is 0 Å². The second kappa shape index (κ2) is 5.15. The van der Waals surface area contributed by atoms with E-state index in [1.165, 1.54) is 10.5 Å². The van der Waals surface area contributed by atoms with Gasteiger partial charge in [0.1, 0.15) is 6.54 Å². The van der Waals surface area contributed by atoms with Crippen molar-refractivity contribution < 1.29 is 9.59 Å². The fraction of sp³-hybridized carbons (Fsp3) is 0.500. The molecule has 5 nitrogen and oxygen atoms in total. The van der Waals surface area contributed by atoms with Crippen molar-refractivity contribution in [2.45, 2.75) is 13.3 Å². The van der Waals surface area contributed by atoms with Crippen LogP contribution >= 0.6 is 0 Å². The fourth-order valence-corrected chi connectivity index (χ4v) is 1.29. The van der Waals surface area contributed by atoms with Gasteiger partial charge in [0, 0.05) is 13.1 Å². The summed E-state index contributed by atoms with van der Waals surface area (Å²) in [6.07, 6.45) is 2.73. The number of carbonyl (C=O) groups is 2. The molecule has 5 heteroatoms. The molecule has 0 spiro atoms. The van der Waals surface area contributed by atoms with E-state index < -0.39 is 11.8 Å². The molecule has 0 aliphatic carbocycles. The Balaban J connectivity index is 2.48. The van der Waals surface area contributed by atoms with E-state index in [0.29, 0.717) is 13.1 Å². The summed E-state index contributed by atoms with van der Waals surface area (Å²) in [5.74, 6) is -1.27. The van der Waals surface area contributed by atoms with Crippen LogP contribution in [0.1, 0.15) is 13.3 Å². The molecule has 1 aliphatic rings. The van der Waals surface area contributed by atoms with Gasteiger partial charge in [-0.25, -0.2) is 0 Å². The molecule has 0 aromatic heterocycles. The topological polar surface area (TPSA) is 73.2 Å². The van der Waals surface area contributed by atoms with Gasteiger partial charge in [-0.1, -0.05) is 11.6 Å². The van der Waals surface area contributed by atoms with E-state index in [1.54, 1.807) is 6.07 Å². The average Bonchev–Trinajstić information content (AvgIpc) is 2.26. The van der Waals surface area contributed by atoms with Crippen LogP contribution in [0.5, 0.6) is 0 Å². The maximum Gasteiger partial charge on any atom is 0.312 e. The molecule has 1 rings (SSSR count). The van der Waals surface area contributed by atoms with Crippen molar-refractivity contribution in [3.8, 4) is 6.07 Å². The van der Waals surface area contributed by atoms with Crippen molar-refractivity contribution in [1.29, 1.82) is 5.26 Å². The number of hydrogen-bond donors (Lipinski definition) is 1. The number of amides is 2. The van der Waals surface area contributed by atoms with Crippen LogP contribution in [-0.4, -0.2) is 36.3 Å². The first-order valence-electron chi connectivity index (χ1n) is 4.75. The summed E-state index contributed by atoms with van der Waals surface area (Å²) in [6, 6.07) is 1.75. The molecule has 0 unspecified atom stereocenters. The van der Waals surface area contributed by atoms with Gasteiger partial charge in [-0.3, -0.25) is 9.59 Å². The summed E-state index contributed by atoms with van der Waals surface area (Å²) < 4.78 is 0. The Hall–Kier alpha value is -1.83. The van der Waals surface area contributed by atoms with Crippen molar-refractivity contribution >= 4 is 11.8 Å². The lowest BCUT2D eigenvalue weighted by atomic mass is 10.1. The molecule has 2 amide bonds. The average molecular weight is 207 g/mol. The predicted molar refractivity (Wildman–Crippen MR) is 53.6 cm³/mol. The highest BCUT2D eigenvalue weighted by Crippen LogP contribution is 2.09. The van der Waals surface area contributed by atoms with Gasteiger partial charge in [-0.05, 0) is 13.3 Å². The molecule has 15 heavy (non-hydrogen) atoms. The zero-order valence-electron chi connectivity index (χ0n) is 8.62. The van der Waals surface area contributed by atoms with Crippen molar-refractivity contribution in [3.05, 3.63) is 11.6 Å². The molecule has 1 heterocycles. The van der Waals surface area contributed by atoms with Crippen LogP contribution in [0, 0.1) is 11.3 Å². The van der Waals surface area contributed by atoms with Crippen LogP contribution in [0.25, 0.3) is 0 Å². The fourth-order valence-electron chi connectivity index (χ4n) is 1.29. The molecule has 80 valence electrons. The summed E-state index contributed by atoms with van der Waals surface area (Å²) in [4.78, 5) is 24.2. The van der Waals surface area contributed by atoms with Gasteiger partial charge in [0.15, 0.2) is 0 Å². The lowest BCUT2D eigenvalue weighted by Crippen LogP contribution is -2.44. The van der Waals surface area contributed by atoms with E-state index in [9.17, 15) is 9.59 Å².